The van der Waals surface area contributed by atoms with Gasteiger partial charge in [-0.2, -0.15) is 0 Å². The molecule has 7 heteroatoms. The van der Waals surface area contributed by atoms with Gasteiger partial charge in [0.05, 0.1) is 6.54 Å². The Morgan fingerprint density at radius 1 is 1.44 bits per heavy atom. The van der Waals surface area contributed by atoms with E-state index in [9.17, 15) is 4.79 Å². The number of hydrogen-bond acceptors (Lipinski definition) is 5. The Balaban J connectivity index is 1.46. The van der Waals surface area contributed by atoms with Crippen LogP contribution in [0.5, 0.6) is 0 Å². The van der Waals surface area contributed by atoms with Crippen molar-refractivity contribution in [1.29, 1.82) is 0 Å². The summed E-state index contributed by atoms with van der Waals surface area (Å²) >= 11 is 1.80. The van der Waals surface area contributed by atoms with E-state index >= 15 is 0 Å². The van der Waals surface area contributed by atoms with Gasteiger partial charge < -0.3 is 14.6 Å². The summed E-state index contributed by atoms with van der Waals surface area (Å²) in [4.78, 5) is 21.1. The molecule has 0 aliphatic carbocycles. The van der Waals surface area contributed by atoms with Crippen molar-refractivity contribution < 1.29 is 9.53 Å². The summed E-state index contributed by atoms with van der Waals surface area (Å²) in [5.41, 5.74) is -0.451. The number of carbonyl (C=O) groups is 1. The van der Waals surface area contributed by atoms with Crippen LogP contribution in [0.1, 0.15) is 37.4 Å². The number of rotatable bonds is 5. The summed E-state index contributed by atoms with van der Waals surface area (Å²) < 4.78 is 8.57. The molecular weight excluding hydrogens is 360 g/mol. The van der Waals surface area contributed by atoms with E-state index in [-0.39, 0.29) is 5.91 Å². The molecule has 2 aromatic heterocycles. The second-order valence-electron chi connectivity index (χ2n) is 8.00. The number of piperidine rings is 1. The smallest absolute Gasteiger partial charge is 0.251 e. The van der Waals surface area contributed by atoms with Crippen LogP contribution in [0.25, 0.3) is 0 Å². The monoisotopic (exact) mass is 388 g/mol. The highest BCUT2D eigenvalue weighted by Crippen LogP contribution is 2.40. The van der Waals surface area contributed by atoms with E-state index in [1.807, 2.05) is 12.4 Å². The molecule has 2 aliphatic heterocycles. The fourth-order valence-electron chi connectivity index (χ4n) is 3.99. The molecule has 0 saturated carbocycles. The maximum Gasteiger partial charge on any atom is 0.251 e. The van der Waals surface area contributed by atoms with Gasteiger partial charge in [0.25, 0.3) is 5.91 Å². The van der Waals surface area contributed by atoms with Gasteiger partial charge in [0.1, 0.15) is 11.4 Å². The maximum absolute atomic E-state index is 12.7. The molecular formula is C20H28N4O2S. The fourth-order valence-corrected chi connectivity index (χ4v) is 4.73. The molecule has 0 aromatic carbocycles. The molecule has 6 nitrogen and oxygen atoms in total. The molecule has 27 heavy (non-hydrogen) atoms. The summed E-state index contributed by atoms with van der Waals surface area (Å²) in [7, 11) is 0. The van der Waals surface area contributed by atoms with Gasteiger partial charge in [-0.3, -0.25) is 9.69 Å². The Morgan fingerprint density at radius 2 is 2.26 bits per heavy atom. The highest BCUT2D eigenvalue weighted by molar-refractivity contribution is 7.09. The van der Waals surface area contributed by atoms with Crippen LogP contribution in [0.15, 0.2) is 29.9 Å². The summed E-state index contributed by atoms with van der Waals surface area (Å²) in [5, 5.41) is 5.16. The predicted octanol–water partition coefficient (Wildman–Crippen LogP) is 2.61. The Kier molecular flexibility index (Phi) is 5.34. The molecule has 0 radical (unpaired) electrons. The van der Waals surface area contributed by atoms with Crippen molar-refractivity contribution >= 4 is 17.2 Å². The highest BCUT2D eigenvalue weighted by atomic mass is 32.1. The number of nitrogens with one attached hydrogen (secondary N) is 1. The molecule has 1 atom stereocenters. The third-order valence-electron chi connectivity index (χ3n) is 5.45. The number of ether oxygens (including phenoxy) is 1. The second kappa shape index (κ2) is 7.73. The van der Waals surface area contributed by atoms with Crippen LogP contribution < -0.4 is 5.32 Å². The van der Waals surface area contributed by atoms with Gasteiger partial charge in [0.2, 0.25) is 0 Å². The van der Waals surface area contributed by atoms with Gasteiger partial charge in [0, 0.05) is 43.4 Å². The van der Waals surface area contributed by atoms with Gasteiger partial charge in [0.15, 0.2) is 6.10 Å². The van der Waals surface area contributed by atoms with Crippen LogP contribution >= 0.6 is 11.3 Å². The van der Waals surface area contributed by atoms with Gasteiger partial charge in [-0.05, 0) is 30.2 Å². The molecule has 4 heterocycles. The minimum Gasteiger partial charge on any atom is -0.354 e. The van der Waals surface area contributed by atoms with Crippen LogP contribution in [0.2, 0.25) is 0 Å². The van der Waals surface area contributed by atoms with Crippen molar-refractivity contribution in [3.05, 3.63) is 40.6 Å². The largest absolute Gasteiger partial charge is 0.354 e. The van der Waals surface area contributed by atoms with Gasteiger partial charge >= 0.3 is 0 Å². The highest BCUT2D eigenvalue weighted by Gasteiger charge is 2.47. The van der Waals surface area contributed by atoms with E-state index in [4.69, 9.17) is 4.74 Å². The van der Waals surface area contributed by atoms with E-state index in [1.165, 1.54) is 4.88 Å². The number of nitrogens with zero attached hydrogens (tertiary/aromatic N) is 3. The summed E-state index contributed by atoms with van der Waals surface area (Å²) in [6, 6.07) is 4.29. The molecule has 1 saturated heterocycles. The first-order chi connectivity index (χ1) is 13.1. The van der Waals surface area contributed by atoms with Crippen LogP contribution in [-0.2, 0) is 28.2 Å². The number of imidazole rings is 1. The predicted molar refractivity (Wildman–Crippen MR) is 105 cm³/mol. The van der Waals surface area contributed by atoms with Crippen molar-refractivity contribution in [1.82, 2.24) is 19.8 Å². The number of amides is 1. The van der Waals surface area contributed by atoms with E-state index in [0.717, 1.165) is 38.3 Å². The molecule has 146 valence electrons. The lowest BCUT2D eigenvalue weighted by Gasteiger charge is -2.45. The van der Waals surface area contributed by atoms with Crippen molar-refractivity contribution in [2.45, 2.75) is 51.5 Å². The molecule has 1 spiro atoms. The molecule has 1 fully saturated rings. The molecule has 1 N–H and O–H groups in total. The zero-order valence-corrected chi connectivity index (χ0v) is 16.9. The Hall–Kier alpha value is -1.70. The lowest BCUT2D eigenvalue weighted by Crippen LogP contribution is -2.54. The Morgan fingerprint density at radius 3 is 2.96 bits per heavy atom. The lowest BCUT2D eigenvalue weighted by atomic mass is 9.88. The Bertz CT molecular complexity index is 763. The van der Waals surface area contributed by atoms with Crippen molar-refractivity contribution in [2.24, 2.45) is 5.92 Å². The van der Waals surface area contributed by atoms with Crippen molar-refractivity contribution in [3.63, 3.8) is 0 Å². The SMILES string of the molecule is CC(C)CNC(=O)C1Cn2ccnc2C2(CCN(Cc3cccs3)CC2)O1. The standard InChI is InChI=1S/C20H28N4O2S/c1-15(2)12-22-18(25)17-14-24-10-7-21-19(24)20(26-17)5-8-23(9-6-20)13-16-4-3-11-27-16/h3-4,7,10-11,15,17H,5-6,8-9,12-14H2,1-2H3,(H,22,25). The molecule has 4 rings (SSSR count). The topological polar surface area (TPSA) is 59.4 Å². The second-order valence-corrected chi connectivity index (χ2v) is 9.03. The number of carbonyl (C=O) groups excluding carboxylic acids is 1. The van der Waals surface area contributed by atoms with E-state index in [2.05, 4.69) is 51.1 Å². The fraction of sp³-hybridized carbons (Fsp3) is 0.600. The van der Waals surface area contributed by atoms with Crippen LogP contribution in [0.4, 0.5) is 0 Å². The summed E-state index contributed by atoms with van der Waals surface area (Å²) in [5.74, 6) is 1.39. The number of aromatic nitrogens is 2. The van der Waals surface area contributed by atoms with Crippen LogP contribution in [0, 0.1) is 5.92 Å². The first-order valence-electron chi connectivity index (χ1n) is 9.78. The van der Waals surface area contributed by atoms with Gasteiger partial charge in [-0.1, -0.05) is 19.9 Å². The molecule has 0 bridgehead atoms. The van der Waals surface area contributed by atoms with Gasteiger partial charge in [-0.25, -0.2) is 4.98 Å². The third-order valence-corrected chi connectivity index (χ3v) is 6.31. The Labute approximate surface area is 164 Å². The number of likely N-dealkylation sites (tertiary alicyclic amines) is 1. The van der Waals surface area contributed by atoms with Crippen molar-refractivity contribution in [2.75, 3.05) is 19.6 Å². The average molecular weight is 389 g/mol. The summed E-state index contributed by atoms with van der Waals surface area (Å²) in [6.07, 6.45) is 5.08. The minimum absolute atomic E-state index is 0.0107. The first kappa shape index (κ1) is 18.7. The van der Waals surface area contributed by atoms with E-state index in [0.29, 0.717) is 19.0 Å². The van der Waals surface area contributed by atoms with E-state index in [1.54, 1.807) is 11.3 Å². The zero-order valence-electron chi connectivity index (χ0n) is 16.1. The molecule has 2 aliphatic rings. The van der Waals surface area contributed by atoms with Gasteiger partial charge in [-0.15, -0.1) is 11.3 Å². The normalized spacial score (nSPS) is 22.1. The minimum atomic E-state index is -0.451. The third kappa shape index (κ3) is 3.95. The number of fused-ring (bicyclic) bond motifs is 2. The van der Waals surface area contributed by atoms with Crippen molar-refractivity contribution in [3.8, 4) is 0 Å². The quantitative estimate of drug-likeness (QED) is 0.855. The molecule has 1 amide bonds. The van der Waals surface area contributed by atoms with Crippen LogP contribution in [0.3, 0.4) is 0 Å². The average Bonchev–Trinajstić information content (AvgIpc) is 3.33. The number of thiophene rings is 1. The van der Waals surface area contributed by atoms with Crippen LogP contribution in [-0.4, -0.2) is 46.1 Å². The molecule has 1 unspecified atom stereocenters. The zero-order chi connectivity index (χ0) is 18.9. The maximum atomic E-state index is 12.7. The summed E-state index contributed by atoms with van der Waals surface area (Å²) in [6.45, 7) is 8.30. The van der Waals surface area contributed by atoms with E-state index < -0.39 is 11.7 Å². The molecule has 2 aromatic rings. The number of hydrogen-bond donors (Lipinski definition) is 1. The lowest BCUT2D eigenvalue weighted by molar-refractivity contribution is -0.173. The first-order valence-corrected chi connectivity index (χ1v) is 10.7.